The second-order valence-electron chi connectivity index (χ2n) is 17.1. The third-order valence-corrected chi connectivity index (χ3v) is 10.3. The van der Waals surface area contributed by atoms with Crippen molar-refractivity contribution in [1.82, 2.24) is 40.9 Å². The largest absolute Gasteiger partial charge is 0.497 e. The Hall–Kier alpha value is -5.21. The maximum Gasteiger partial charge on any atom is 0.315 e. The molecule has 0 radical (unpaired) electrons. The van der Waals surface area contributed by atoms with Gasteiger partial charge in [-0.1, -0.05) is 40.0 Å². The number of rotatable bonds is 13. The highest BCUT2D eigenvalue weighted by atomic mass is 16.5. The summed E-state index contributed by atoms with van der Waals surface area (Å²) < 4.78 is 13.7. The van der Waals surface area contributed by atoms with Crippen LogP contribution in [0.1, 0.15) is 86.5 Å². The molecule has 3 fully saturated rings. The molecule has 55 heavy (non-hydrogen) atoms. The molecule has 2 saturated carbocycles. The summed E-state index contributed by atoms with van der Waals surface area (Å²) in [6.07, 6.45) is 7.63. The number of aromatic nitrogens is 3. The smallest absolute Gasteiger partial charge is 0.315 e. The number of likely N-dealkylation sites (tertiary alicyclic amines) is 1. The van der Waals surface area contributed by atoms with E-state index in [9.17, 15) is 24.0 Å². The molecule has 0 bridgehead atoms. The van der Waals surface area contributed by atoms with Gasteiger partial charge in [-0.2, -0.15) is 5.10 Å². The van der Waals surface area contributed by atoms with Gasteiger partial charge in [-0.15, -0.1) is 0 Å². The molecule has 3 heterocycles. The van der Waals surface area contributed by atoms with Crippen molar-refractivity contribution in [2.45, 2.75) is 122 Å². The van der Waals surface area contributed by atoms with Gasteiger partial charge in [0, 0.05) is 47.9 Å². The van der Waals surface area contributed by atoms with Crippen LogP contribution in [0.25, 0.3) is 16.7 Å². The predicted molar refractivity (Wildman–Crippen MR) is 205 cm³/mol. The van der Waals surface area contributed by atoms with E-state index in [1.165, 1.54) is 4.90 Å². The number of benzene rings is 1. The van der Waals surface area contributed by atoms with Gasteiger partial charge < -0.3 is 35.6 Å². The Kier molecular flexibility index (Phi) is 11.4. The number of amides is 5. The molecule has 5 amide bonds. The first-order valence-electron chi connectivity index (χ1n) is 19.2. The van der Waals surface area contributed by atoms with Crippen LogP contribution in [0.5, 0.6) is 11.5 Å². The van der Waals surface area contributed by atoms with E-state index in [4.69, 9.17) is 14.5 Å². The molecule has 1 aliphatic heterocycles. The fourth-order valence-corrected chi connectivity index (χ4v) is 6.99. The van der Waals surface area contributed by atoms with E-state index in [0.29, 0.717) is 34.6 Å². The van der Waals surface area contributed by atoms with Gasteiger partial charge in [0.1, 0.15) is 29.7 Å². The number of carbonyl (C=O) groups is 5. The number of methoxy groups -OCH3 is 1. The number of ether oxygens (including phenoxy) is 2. The van der Waals surface area contributed by atoms with Gasteiger partial charge in [-0.05, 0) is 69.6 Å². The molecule has 3 aromatic rings. The lowest BCUT2D eigenvalue weighted by molar-refractivity contribution is -0.144. The minimum atomic E-state index is -1.07. The molecule has 6 rings (SSSR count). The summed E-state index contributed by atoms with van der Waals surface area (Å²) >= 11 is 0. The fraction of sp³-hybridized carbons (Fsp3) is 0.575. The molecule has 4 atom stereocenters. The molecular formula is C40H54N8O7. The first-order valence-corrected chi connectivity index (χ1v) is 19.2. The summed E-state index contributed by atoms with van der Waals surface area (Å²) in [5.41, 5.74) is -0.731. The average molecular weight is 759 g/mol. The molecule has 2 aromatic heterocycles. The van der Waals surface area contributed by atoms with Crippen LogP contribution in [-0.4, -0.2) is 98.7 Å². The van der Waals surface area contributed by atoms with Gasteiger partial charge in [0.2, 0.25) is 17.6 Å². The summed E-state index contributed by atoms with van der Waals surface area (Å²) in [6, 6.07) is 5.27. The fourth-order valence-electron chi connectivity index (χ4n) is 6.99. The number of ketones is 1. The highest BCUT2D eigenvalue weighted by Crippen LogP contribution is 2.35. The molecule has 4 N–H and O–H groups in total. The molecule has 2 aliphatic carbocycles. The first kappa shape index (κ1) is 39.5. The van der Waals surface area contributed by atoms with E-state index in [0.717, 1.165) is 32.1 Å². The Bertz CT molecular complexity index is 1910. The normalized spacial score (nSPS) is 19.9. The van der Waals surface area contributed by atoms with Crippen molar-refractivity contribution >= 4 is 40.4 Å². The summed E-state index contributed by atoms with van der Waals surface area (Å²) in [4.78, 5) is 74.9. The van der Waals surface area contributed by atoms with E-state index >= 15 is 0 Å². The minimum Gasteiger partial charge on any atom is -0.497 e. The third kappa shape index (κ3) is 9.73. The zero-order chi connectivity index (χ0) is 39.7. The average Bonchev–Trinajstić information content (AvgIpc) is 3.54. The molecule has 296 valence electrons. The van der Waals surface area contributed by atoms with Gasteiger partial charge in [-0.25, -0.2) is 14.5 Å². The van der Waals surface area contributed by atoms with Crippen molar-refractivity contribution in [1.29, 1.82) is 0 Å². The van der Waals surface area contributed by atoms with Crippen LogP contribution >= 0.6 is 0 Å². The number of carbonyl (C=O) groups excluding carboxylic acids is 5. The minimum absolute atomic E-state index is 0.00650. The third-order valence-electron chi connectivity index (χ3n) is 10.3. The number of urea groups is 1. The highest BCUT2D eigenvalue weighted by Gasteiger charge is 2.47. The number of Topliss-reactive ketones (excluding diaryl/α,β-unsaturated/α-hetero) is 1. The quantitative estimate of drug-likeness (QED) is 0.188. The van der Waals surface area contributed by atoms with Crippen molar-refractivity contribution in [3.8, 4) is 17.3 Å². The van der Waals surface area contributed by atoms with Gasteiger partial charge in [-0.3, -0.25) is 19.2 Å². The second kappa shape index (κ2) is 15.9. The van der Waals surface area contributed by atoms with Gasteiger partial charge in [0.25, 0.3) is 5.91 Å². The number of pyridine rings is 1. The van der Waals surface area contributed by atoms with Crippen LogP contribution in [0.4, 0.5) is 4.79 Å². The van der Waals surface area contributed by atoms with Crippen molar-refractivity contribution < 1.29 is 33.4 Å². The molecule has 0 unspecified atom stereocenters. The number of hydrogen-bond acceptors (Lipinski definition) is 9. The van der Waals surface area contributed by atoms with Gasteiger partial charge in [0.15, 0.2) is 5.82 Å². The highest BCUT2D eigenvalue weighted by molar-refractivity contribution is 6.38. The number of nitrogens with zero attached hydrogens (tertiary/aromatic N) is 4. The van der Waals surface area contributed by atoms with Crippen LogP contribution in [0.2, 0.25) is 0 Å². The molecule has 15 heteroatoms. The lowest BCUT2D eigenvalue weighted by Gasteiger charge is -2.36. The molecule has 1 saturated heterocycles. The first-order chi connectivity index (χ1) is 26.0. The number of nitrogens with one attached hydrogen (secondary N) is 4. The monoisotopic (exact) mass is 758 g/mol. The standard InChI is InChI=1S/C40H54N8O7/c1-39(2,3)34(45-38(53)46-40(4,5)6)37(52)47-22-26(55-31-21-32(48-17-9-16-41-48)43-28-19-25(54-7)14-15-27(28)31)20-30(47)35(50)44-29(18-23-10-8-11-23)33(49)36(51)42-24-12-13-24/h9,14-17,19,21,23-24,26,29-30,34H,8,10-13,18,20,22H2,1-7H3,(H,42,51)(H,44,50)(H2,45,46,53)/t26-,29+,30+,34-/m1/s1. The molecular weight excluding hydrogens is 704 g/mol. The van der Waals surface area contributed by atoms with E-state index in [1.807, 2.05) is 47.6 Å². The Labute approximate surface area is 321 Å². The van der Waals surface area contributed by atoms with Crippen LogP contribution in [0.15, 0.2) is 42.7 Å². The number of fused-ring (bicyclic) bond motifs is 1. The van der Waals surface area contributed by atoms with E-state index in [2.05, 4.69) is 26.4 Å². The lowest BCUT2D eigenvalue weighted by atomic mass is 9.80. The summed E-state index contributed by atoms with van der Waals surface area (Å²) in [5.74, 6) is -0.671. The Morgan fingerprint density at radius 2 is 1.73 bits per heavy atom. The predicted octanol–water partition coefficient (Wildman–Crippen LogP) is 3.81. The second-order valence-corrected chi connectivity index (χ2v) is 17.1. The van der Waals surface area contributed by atoms with Gasteiger partial charge >= 0.3 is 6.03 Å². The van der Waals surface area contributed by atoms with Crippen molar-refractivity contribution in [2.75, 3.05) is 13.7 Å². The Morgan fingerprint density at radius 3 is 2.33 bits per heavy atom. The Morgan fingerprint density at radius 1 is 0.982 bits per heavy atom. The summed E-state index contributed by atoms with van der Waals surface area (Å²) in [5, 5.41) is 16.4. The summed E-state index contributed by atoms with van der Waals surface area (Å²) in [7, 11) is 1.57. The maximum absolute atomic E-state index is 14.7. The van der Waals surface area contributed by atoms with Gasteiger partial charge in [0.05, 0.1) is 25.2 Å². The molecule has 15 nitrogen and oxygen atoms in total. The molecule has 0 spiro atoms. The van der Waals surface area contributed by atoms with Crippen molar-refractivity contribution in [2.24, 2.45) is 11.3 Å². The van der Waals surface area contributed by atoms with E-state index in [-0.39, 0.29) is 24.9 Å². The molecule has 3 aliphatic rings. The maximum atomic E-state index is 14.7. The van der Waals surface area contributed by atoms with Crippen molar-refractivity contribution in [3.05, 3.63) is 42.7 Å². The number of hydrogen-bond donors (Lipinski definition) is 4. The van der Waals surface area contributed by atoms with Crippen LogP contribution in [0.3, 0.4) is 0 Å². The SMILES string of the molecule is COc1ccc2c(O[C@@H]3C[C@@H](C(=O)N[C@@H](CC4CCC4)C(=O)C(=O)NC4CC4)N(C(=O)[C@@H](NC(=O)NC(C)(C)C)C(C)(C)C)C3)cc(-n3cccn3)nc2c1. The summed E-state index contributed by atoms with van der Waals surface area (Å²) in [6.45, 7) is 11.0. The zero-order valence-corrected chi connectivity index (χ0v) is 32.8. The van der Waals surface area contributed by atoms with Crippen LogP contribution in [0, 0.1) is 11.3 Å². The Balaban J connectivity index is 1.32. The van der Waals surface area contributed by atoms with Crippen molar-refractivity contribution in [3.63, 3.8) is 0 Å². The van der Waals surface area contributed by atoms with E-state index in [1.54, 1.807) is 48.5 Å². The lowest BCUT2D eigenvalue weighted by Crippen LogP contribution is -2.61. The van der Waals surface area contributed by atoms with Crippen LogP contribution < -0.4 is 30.7 Å². The topological polar surface area (TPSA) is 186 Å². The van der Waals surface area contributed by atoms with E-state index < -0.39 is 64.7 Å². The zero-order valence-electron chi connectivity index (χ0n) is 32.8. The van der Waals surface area contributed by atoms with Crippen LogP contribution in [-0.2, 0) is 19.2 Å². The molecule has 1 aromatic carbocycles.